The highest BCUT2D eigenvalue weighted by Gasteiger charge is 2.35. The molecule has 0 radical (unpaired) electrons. The smallest absolute Gasteiger partial charge is 0.0845 e. The maximum Gasteiger partial charge on any atom is 0.0845 e. The van der Waals surface area contributed by atoms with Gasteiger partial charge < -0.3 is 4.74 Å². The number of rotatable bonds is 4. The minimum Gasteiger partial charge on any atom is -0.370 e. The van der Waals surface area contributed by atoms with Crippen molar-refractivity contribution in [1.29, 1.82) is 0 Å². The van der Waals surface area contributed by atoms with E-state index in [9.17, 15) is 0 Å². The van der Waals surface area contributed by atoms with Crippen LogP contribution < -0.4 is 0 Å². The average Bonchev–Trinajstić information content (AvgIpc) is 2.91. The SMILES string of the molecule is CCC1OC1CCc1cc(Cl)cc(Cl)c1. The minimum absolute atomic E-state index is 0.452. The first kappa shape index (κ1) is 11.3. The Bertz CT molecular complexity index is 331. The lowest BCUT2D eigenvalue weighted by Crippen LogP contribution is -1.95. The molecule has 0 aromatic heterocycles. The molecule has 0 spiro atoms. The van der Waals surface area contributed by atoms with Gasteiger partial charge in [0.25, 0.3) is 0 Å². The Morgan fingerprint density at radius 1 is 1.13 bits per heavy atom. The first-order valence-electron chi connectivity index (χ1n) is 5.29. The van der Waals surface area contributed by atoms with Gasteiger partial charge in [-0.2, -0.15) is 0 Å². The number of benzene rings is 1. The molecule has 1 saturated heterocycles. The molecular formula is C12H14Cl2O. The third kappa shape index (κ3) is 3.10. The van der Waals surface area contributed by atoms with Crippen LogP contribution >= 0.6 is 23.2 Å². The molecule has 0 bridgehead atoms. The molecule has 1 aliphatic rings. The fourth-order valence-electron chi connectivity index (χ4n) is 1.86. The molecule has 2 rings (SSSR count). The van der Waals surface area contributed by atoms with Crippen LogP contribution in [0.1, 0.15) is 25.3 Å². The second kappa shape index (κ2) is 4.73. The molecular weight excluding hydrogens is 231 g/mol. The minimum atomic E-state index is 0.452. The van der Waals surface area contributed by atoms with Gasteiger partial charge in [0.1, 0.15) is 0 Å². The van der Waals surface area contributed by atoms with Gasteiger partial charge in [-0.25, -0.2) is 0 Å². The molecule has 2 unspecified atom stereocenters. The normalized spacial score (nSPS) is 24.2. The van der Waals surface area contributed by atoms with Crippen LogP contribution in [-0.4, -0.2) is 12.2 Å². The van der Waals surface area contributed by atoms with Crippen LogP contribution in [0.15, 0.2) is 18.2 Å². The van der Waals surface area contributed by atoms with E-state index >= 15 is 0 Å². The van der Waals surface area contributed by atoms with Crippen LogP contribution in [0.5, 0.6) is 0 Å². The summed E-state index contributed by atoms with van der Waals surface area (Å²) in [5, 5.41) is 1.42. The van der Waals surface area contributed by atoms with Gasteiger partial charge in [-0.15, -0.1) is 0 Å². The number of hydrogen-bond donors (Lipinski definition) is 0. The van der Waals surface area contributed by atoms with Gasteiger partial charge in [0.2, 0.25) is 0 Å². The summed E-state index contributed by atoms with van der Waals surface area (Å²) in [6.07, 6.45) is 4.10. The zero-order chi connectivity index (χ0) is 10.8. The summed E-state index contributed by atoms with van der Waals surface area (Å²) in [6.45, 7) is 2.15. The second-order valence-corrected chi connectivity index (χ2v) is 4.81. The van der Waals surface area contributed by atoms with E-state index in [1.165, 1.54) is 5.56 Å². The fraction of sp³-hybridized carbons (Fsp3) is 0.500. The highest BCUT2D eigenvalue weighted by Crippen LogP contribution is 2.30. The Morgan fingerprint density at radius 2 is 1.80 bits per heavy atom. The van der Waals surface area contributed by atoms with Crippen molar-refractivity contribution in [3.63, 3.8) is 0 Å². The Labute approximate surface area is 100 Å². The van der Waals surface area contributed by atoms with E-state index in [2.05, 4.69) is 6.92 Å². The lowest BCUT2D eigenvalue weighted by Gasteiger charge is -2.01. The van der Waals surface area contributed by atoms with Crippen molar-refractivity contribution in [1.82, 2.24) is 0 Å². The summed E-state index contributed by atoms with van der Waals surface area (Å²) in [4.78, 5) is 0. The summed E-state index contributed by atoms with van der Waals surface area (Å²) in [5.74, 6) is 0. The molecule has 82 valence electrons. The molecule has 0 saturated carbocycles. The van der Waals surface area contributed by atoms with Crippen molar-refractivity contribution >= 4 is 23.2 Å². The summed E-state index contributed by atoms with van der Waals surface area (Å²) in [7, 11) is 0. The monoisotopic (exact) mass is 244 g/mol. The standard InChI is InChI=1S/C12H14Cl2O/c1-2-11-12(15-11)4-3-8-5-9(13)7-10(14)6-8/h5-7,11-12H,2-4H2,1H3. The summed E-state index contributed by atoms with van der Waals surface area (Å²) in [5.41, 5.74) is 1.19. The molecule has 0 N–H and O–H groups in total. The third-order valence-corrected chi connectivity index (χ3v) is 3.17. The Hall–Kier alpha value is -0.240. The van der Waals surface area contributed by atoms with Crippen molar-refractivity contribution in [2.24, 2.45) is 0 Å². The number of epoxide rings is 1. The van der Waals surface area contributed by atoms with Crippen LogP contribution in [0.4, 0.5) is 0 Å². The predicted molar refractivity (Wildman–Crippen MR) is 63.7 cm³/mol. The van der Waals surface area contributed by atoms with Crippen LogP contribution in [0.2, 0.25) is 10.0 Å². The number of hydrogen-bond acceptors (Lipinski definition) is 1. The molecule has 1 aromatic rings. The largest absolute Gasteiger partial charge is 0.370 e. The van der Waals surface area contributed by atoms with Gasteiger partial charge in [-0.05, 0) is 43.0 Å². The topological polar surface area (TPSA) is 12.5 Å². The summed E-state index contributed by atoms with van der Waals surface area (Å²) >= 11 is 11.8. The van der Waals surface area contributed by atoms with E-state index in [0.29, 0.717) is 22.3 Å². The van der Waals surface area contributed by atoms with E-state index in [1.807, 2.05) is 12.1 Å². The molecule has 2 atom stereocenters. The van der Waals surface area contributed by atoms with Crippen molar-refractivity contribution < 1.29 is 4.74 Å². The average molecular weight is 245 g/mol. The van der Waals surface area contributed by atoms with Gasteiger partial charge in [0.05, 0.1) is 12.2 Å². The van der Waals surface area contributed by atoms with Crippen LogP contribution in [0.3, 0.4) is 0 Å². The van der Waals surface area contributed by atoms with Crippen LogP contribution in [-0.2, 0) is 11.2 Å². The van der Waals surface area contributed by atoms with E-state index in [4.69, 9.17) is 27.9 Å². The predicted octanol–water partition coefficient (Wildman–Crippen LogP) is 4.10. The lowest BCUT2D eigenvalue weighted by molar-refractivity contribution is 0.360. The van der Waals surface area contributed by atoms with Crippen molar-refractivity contribution in [2.75, 3.05) is 0 Å². The zero-order valence-electron chi connectivity index (χ0n) is 8.67. The first-order chi connectivity index (χ1) is 7.19. The van der Waals surface area contributed by atoms with Gasteiger partial charge in [-0.1, -0.05) is 30.1 Å². The number of halogens is 2. The molecule has 1 heterocycles. The summed E-state index contributed by atoms with van der Waals surface area (Å²) in [6, 6.07) is 5.70. The Kier molecular flexibility index (Phi) is 3.55. The van der Waals surface area contributed by atoms with Gasteiger partial charge in [0.15, 0.2) is 0 Å². The molecule has 1 nitrogen and oxygen atoms in total. The number of aryl methyl sites for hydroxylation is 1. The second-order valence-electron chi connectivity index (χ2n) is 3.94. The van der Waals surface area contributed by atoms with Crippen LogP contribution in [0.25, 0.3) is 0 Å². The molecule has 3 heteroatoms. The maximum absolute atomic E-state index is 5.92. The maximum atomic E-state index is 5.92. The first-order valence-corrected chi connectivity index (χ1v) is 6.05. The van der Waals surface area contributed by atoms with E-state index in [-0.39, 0.29) is 0 Å². The van der Waals surface area contributed by atoms with E-state index in [0.717, 1.165) is 19.3 Å². The molecule has 0 aliphatic carbocycles. The van der Waals surface area contributed by atoms with Gasteiger partial charge in [0, 0.05) is 10.0 Å². The van der Waals surface area contributed by atoms with E-state index < -0.39 is 0 Å². The van der Waals surface area contributed by atoms with Gasteiger partial charge >= 0.3 is 0 Å². The highest BCUT2D eigenvalue weighted by molar-refractivity contribution is 6.34. The molecule has 1 aromatic carbocycles. The molecule has 15 heavy (non-hydrogen) atoms. The number of ether oxygens (including phenoxy) is 1. The van der Waals surface area contributed by atoms with Crippen molar-refractivity contribution in [3.05, 3.63) is 33.8 Å². The lowest BCUT2D eigenvalue weighted by atomic mass is 10.1. The summed E-state index contributed by atoms with van der Waals surface area (Å²) < 4.78 is 5.48. The quantitative estimate of drug-likeness (QED) is 0.727. The van der Waals surface area contributed by atoms with Gasteiger partial charge in [-0.3, -0.25) is 0 Å². The van der Waals surface area contributed by atoms with Crippen LogP contribution in [0, 0.1) is 0 Å². The zero-order valence-corrected chi connectivity index (χ0v) is 10.2. The third-order valence-electron chi connectivity index (χ3n) is 2.73. The molecule has 1 fully saturated rings. The molecule has 0 amide bonds. The van der Waals surface area contributed by atoms with Crippen molar-refractivity contribution in [3.8, 4) is 0 Å². The van der Waals surface area contributed by atoms with E-state index in [1.54, 1.807) is 6.07 Å². The Morgan fingerprint density at radius 3 is 2.33 bits per heavy atom. The highest BCUT2D eigenvalue weighted by atomic mass is 35.5. The van der Waals surface area contributed by atoms with Crippen molar-refractivity contribution in [2.45, 2.75) is 38.4 Å². The Balaban J connectivity index is 1.88. The molecule has 1 aliphatic heterocycles. The fourth-order valence-corrected chi connectivity index (χ4v) is 2.43.